The molecular formula is C13H21NO4. The maximum absolute atomic E-state index is 11.5. The number of nitrogens with zero attached hydrogens (tertiary/aromatic N) is 1. The average Bonchev–Trinajstić information content (AvgIpc) is 2.36. The van der Waals surface area contributed by atoms with Crippen LogP contribution in [0.1, 0.15) is 33.1 Å². The molecule has 0 radical (unpaired) electrons. The molecule has 0 aromatic heterocycles. The number of esters is 1. The second-order valence-corrected chi connectivity index (χ2v) is 4.89. The minimum Gasteiger partial charge on any atom is -0.513 e. The lowest BCUT2D eigenvalue weighted by molar-refractivity contribution is -0.141. The van der Waals surface area contributed by atoms with Crippen molar-refractivity contribution in [3.63, 3.8) is 0 Å². The molecule has 5 nitrogen and oxygen atoms in total. The number of aliphatic hydroxyl groups excluding tert-OH is 1. The Hall–Kier alpha value is -1.52. The van der Waals surface area contributed by atoms with Gasteiger partial charge in [0.05, 0.1) is 7.11 Å². The topological polar surface area (TPSA) is 66.8 Å². The highest BCUT2D eigenvalue weighted by Crippen LogP contribution is 2.33. The molecule has 1 fully saturated rings. The molecule has 0 aromatic carbocycles. The highest BCUT2D eigenvalue weighted by molar-refractivity contribution is 5.90. The fourth-order valence-corrected chi connectivity index (χ4v) is 2.83. The van der Waals surface area contributed by atoms with Crippen LogP contribution in [0.15, 0.2) is 12.0 Å². The Morgan fingerprint density at radius 1 is 1.33 bits per heavy atom. The smallest absolute Gasteiger partial charge is 0.357 e. The number of ether oxygens (including phenoxy) is 1. The van der Waals surface area contributed by atoms with E-state index in [0.29, 0.717) is 24.5 Å². The lowest BCUT2D eigenvalue weighted by Crippen LogP contribution is -2.46. The van der Waals surface area contributed by atoms with Crippen molar-refractivity contribution in [2.75, 3.05) is 7.11 Å². The molecule has 2 atom stereocenters. The Bertz CT molecular complexity index is 330. The van der Waals surface area contributed by atoms with Gasteiger partial charge in [0.2, 0.25) is 6.41 Å². The third-order valence-electron chi connectivity index (χ3n) is 3.71. The molecule has 1 N–H and O–H groups in total. The number of rotatable bonds is 4. The van der Waals surface area contributed by atoms with E-state index in [0.717, 1.165) is 19.3 Å². The number of carbonyl (C=O) groups is 2. The zero-order valence-corrected chi connectivity index (χ0v) is 11.1. The maximum atomic E-state index is 11.5. The van der Waals surface area contributed by atoms with Crippen molar-refractivity contribution >= 4 is 12.4 Å². The SMILES string of the molecule is COC(=O)C(=CO)N(C=O)C1C(C)CCCC1C. The fraction of sp³-hybridized carbons (Fsp3) is 0.692. The van der Waals surface area contributed by atoms with E-state index in [2.05, 4.69) is 18.6 Å². The monoisotopic (exact) mass is 255 g/mol. The summed E-state index contributed by atoms with van der Waals surface area (Å²) in [4.78, 5) is 24.1. The first-order valence-corrected chi connectivity index (χ1v) is 6.23. The van der Waals surface area contributed by atoms with Gasteiger partial charge in [-0.05, 0) is 24.7 Å². The molecule has 0 aromatic rings. The van der Waals surface area contributed by atoms with Gasteiger partial charge < -0.3 is 14.7 Å². The standard InChI is InChI=1S/C13H21NO4/c1-9-5-4-6-10(2)12(9)14(8-16)11(7-15)13(17)18-3/h7-10,12,15H,4-6H2,1-3H3. The largest absolute Gasteiger partial charge is 0.513 e. The molecule has 1 aliphatic carbocycles. The second kappa shape index (κ2) is 6.42. The first-order chi connectivity index (χ1) is 8.56. The molecule has 1 saturated carbocycles. The molecule has 0 saturated heterocycles. The van der Waals surface area contributed by atoms with Crippen molar-refractivity contribution in [2.45, 2.75) is 39.2 Å². The lowest BCUT2D eigenvalue weighted by Gasteiger charge is -2.40. The minimum absolute atomic E-state index is 0.0752. The molecule has 0 bridgehead atoms. The van der Waals surface area contributed by atoms with Gasteiger partial charge >= 0.3 is 5.97 Å². The Labute approximate surface area is 107 Å². The van der Waals surface area contributed by atoms with Crippen molar-refractivity contribution < 1.29 is 19.4 Å². The highest BCUT2D eigenvalue weighted by atomic mass is 16.5. The molecule has 18 heavy (non-hydrogen) atoms. The number of hydrogen-bond acceptors (Lipinski definition) is 4. The molecule has 102 valence electrons. The van der Waals surface area contributed by atoms with Crippen molar-refractivity contribution in [2.24, 2.45) is 11.8 Å². The van der Waals surface area contributed by atoms with Crippen LogP contribution in [0.3, 0.4) is 0 Å². The number of methoxy groups -OCH3 is 1. The van der Waals surface area contributed by atoms with Crippen LogP contribution in [-0.2, 0) is 14.3 Å². The lowest BCUT2D eigenvalue weighted by atomic mass is 9.78. The normalized spacial score (nSPS) is 28.6. The van der Waals surface area contributed by atoms with Gasteiger partial charge in [-0.2, -0.15) is 0 Å². The van der Waals surface area contributed by atoms with Gasteiger partial charge in [0.25, 0.3) is 0 Å². The van der Waals surface area contributed by atoms with Gasteiger partial charge in [-0.1, -0.05) is 20.3 Å². The summed E-state index contributed by atoms with van der Waals surface area (Å²) in [6.45, 7) is 4.12. The second-order valence-electron chi connectivity index (χ2n) is 4.89. The average molecular weight is 255 g/mol. The van der Waals surface area contributed by atoms with Gasteiger partial charge in [0.1, 0.15) is 6.26 Å². The van der Waals surface area contributed by atoms with E-state index in [9.17, 15) is 9.59 Å². The molecule has 1 rings (SSSR count). The number of carbonyl (C=O) groups excluding carboxylic acids is 2. The van der Waals surface area contributed by atoms with Crippen LogP contribution in [0.2, 0.25) is 0 Å². The van der Waals surface area contributed by atoms with E-state index >= 15 is 0 Å². The quantitative estimate of drug-likeness (QED) is 0.360. The Morgan fingerprint density at radius 3 is 2.28 bits per heavy atom. The van der Waals surface area contributed by atoms with E-state index in [4.69, 9.17) is 5.11 Å². The van der Waals surface area contributed by atoms with E-state index in [1.165, 1.54) is 12.0 Å². The van der Waals surface area contributed by atoms with E-state index in [1.54, 1.807) is 0 Å². The number of amides is 1. The zero-order valence-electron chi connectivity index (χ0n) is 11.1. The minimum atomic E-state index is -0.699. The summed E-state index contributed by atoms with van der Waals surface area (Å²) in [5.74, 6) is -0.119. The predicted molar refractivity (Wildman–Crippen MR) is 66.6 cm³/mol. The summed E-state index contributed by atoms with van der Waals surface area (Å²) in [5, 5.41) is 9.17. The molecule has 0 spiro atoms. The summed E-state index contributed by atoms with van der Waals surface area (Å²) in [6.07, 6.45) is 4.40. The van der Waals surface area contributed by atoms with Crippen molar-refractivity contribution in [1.29, 1.82) is 0 Å². The number of aliphatic hydroxyl groups is 1. The van der Waals surface area contributed by atoms with Gasteiger partial charge in [-0.25, -0.2) is 4.79 Å². The van der Waals surface area contributed by atoms with Crippen molar-refractivity contribution in [3.8, 4) is 0 Å². The Balaban J connectivity index is 3.00. The first kappa shape index (κ1) is 14.5. The molecule has 1 aliphatic rings. The molecule has 0 aliphatic heterocycles. The number of hydrogen-bond donors (Lipinski definition) is 1. The van der Waals surface area contributed by atoms with Crippen LogP contribution in [0, 0.1) is 11.8 Å². The fourth-order valence-electron chi connectivity index (χ4n) is 2.83. The van der Waals surface area contributed by atoms with E-state index in [1.807, 2.05) is 0 Å². The van der Waals surface area contributed by atoms with Gasteiger partial charge in [-0.15, -0.1) is 0 Å². The third-order valence-corrected chi connectivity index (χ3v) is 3.71. The first-order valence-electron chi connectivity index (χ1n) is 6.23. The molecule has 1 amide bonds. The van der Waals surface area contributed by atoms with Crippen LogP contribution >= 0.6 is 0 Å². The molecule has 5 heteroatoms. The maximum Gasteiger partial charge on any atom is 0.357 e. The summed E-state index contributed by atoms with van der Waals surface area (Å²) < 4.78 is 4.58. The summed E-state index contributed by atoms with van der Waals surface area (Å²) in [7, 11) is 1.22. The molecule has 2 unspecified atom stereocenters. The zero-order chi connectivity index (χ0) is 13.7. The van der Waals surface area contributed by atoms with Gasteiger partial charge in [0, 0.05) is 6.04 Å². The molecule has 0 heterocycles. The predicted octanol–water partition coefficient (Wildman–Crippen LogP) is 1.84. The van der Waals surface area contributed by atoms with Crippen molar-refractivity contribution in [3.05, 3.63) is 12.0 Å². The Morgan fingerprint density at radius 2 is 1.89 bits per heavy atom. The van der Waals surface area contributed by atoms with Crippen LogP contribution in [0.4, 0.5) is 0 Å². The van der Waals surface area contributed by atoms with Crippen LogP contribution in [0.25, 0.3) is 0 Å². The van der Waals surface area contributed by atoms with E-state index < -0.39 is 5.97 Å². The summed E-state index contributed by atoms with van der Waals surface area (Å²) in [6, 6.07) is -0.0752. The van der Waals surface area contributed by atoms with Crippen LogP contribution in [0.5, 0.6) is 0 Å². The van der Waals surface area contributed by atoms with Crippen LogP contribution in [-0.4, -0.2) is 35.5 Å². The van der Waals surface area contributed by atoms with Gasteiger partial charge in [-0.3, -0.25) is 4.79 Å². The van der Waals surface area contributed by atoms with Crippen LogP contribution < -0.4 is 0 Å². The highest BCUT2D eigenvalue weighted by Gasteiger charge is 2.35. The summed E-state index contributed by atoms with van der Waals surface area (Å²) in [5.41, 5.74) is -0.0990. The Kier molecular flexibility index (Phi) is 5.19. The third kappa shape index (κ3) is 2.83. The van der Waals surface area contributed by atoms with Crippen molar-refractivity contribution in [1.82, 2.24) is 4.90 Å². The molecular weight excluding hydrogens is 234 g/mol. The summed E-state index contributed by atoms with van der Waals surface area (Å²) >= 11 is 0. The van der Waals surface area contributed by atoms with E-state index in [-0.39, 0.29) is 11.7 Å². The van der Waals surface area contributed by atoms with Gasteiger partial charge in [0.15, 0.2) is 5.70 Å².